The molecule has 2 atom stereocenters. The van der Waals surface area contributed by atoms with E-state index < -0.39 is 5.60 Å². The molecular formula is C14H17N3O. The second-order valence-electron chi connectivity index (χ2n) is 5.50. The van der Waals surface area contributed by atoms with Gasteiger partial charge in [0.15, 0.2) is 0 Å². The van der Waals surface area contributed by atoms with Crippen LogP contribution in [0.2, 0.25) is 0 Å². The highest BCUT2D eigenvalue weighted by Gasteiger charge is 2.48. The number of piperidine rings is 1. The van der Waals surface area contributed by atoms with Crippen LogP contribution in [0.5, 0.6) is 0 Å². The summed E-state index contributed by atoms with van der Waals surface area (Å²) >= 11 is 0. The first-order chi connectivity index (χ1) is 8.64. The van der Waals surface area contributed by atoms with Crippen LogP contribution in [0.4, 0.5) is 0 Å². The van der Waals surface area contributed by atoms with E-state index in [4.69, 9.17) is 5.26 Å². The Morgan fingerprint density at radius 3 is 2.72 bits per heavy atom. The minimum Gasteiger partial charge on any atom is -0.383 e. The van der Waals surface area contributed by atoms with Crippen molar-refractivity contribution in [3.63, 3.8) is 0 Å². The summed E-state index contributed by atoms with van der Waals surface area (Å²) in [6.07, 6.45) is 5.31. The van der Waals surface area contributed by atoms with E-state index in [1.807, 2.05) is 0 Å². The zero-order chi connectivity index (χ0) is 12.8. The molecule has 1 aromatic heterocycles. The summed E-state index contributed by atoms with van der Waals surface area (Å²) in [5.74, 6) is 0. The smallest absolute Gasteiger partial charge is 0.111 e. The predicted molar refractivity (Wildman–Crippen MR) is 66.7 cm³/mol. The third kappa shape index (κ3) is 1.63. The largest absolute Gasteiger partial charge is 0.383 e. The van der Waals surface area contributed by atoms with Crippen molar-refractivity contribution in [2.45, 2.75) is 43.4 Å². The molecule has 0 radical (unpaired) electrons. The van der Waals surface area contributed by atoms with Crippen LogP contribution < -0.4 is 0 Å². The summed E-state index contributed by atoms with van der Waals surface area (Å²) in [6, 6.07) is 6.46. The molecule has 2 aliphatic rings. The quantitative estimate of drug-likeness (QED) is 0.810. The Hall–Kier alpha value is -1.44. The molecule has 18 heavy (non-hydrogen) atoms. The average molecular weight is 243 g/mol. The molecule has 2 bridgehead atoms. The number of aliphatic hydroxyl groups is 1. The molecule has 94 valence electrons. The molecule has 2 fully saturated rings. The summed E-state index contributed by atoms with van der Waals surface area (Å²) in [5.41, 5.74) is 0.145. The number of nitrogens with zero attached hydrogens (tertiary/aromatic N) is 3. The van der Waals surface area contributed by atoms with E-state index in [-0.39, 0.29) is 0 Å². The van der Waals surface area contributed by atoms with Gasteiger partial charge in [0.2, 0.25) is 0 Å². The molecule has 2 saturated heterocycles. The van der Waals surface area contributed by atoms with Gasteiger partial charge in [-0.3, -0.25) is 4.98 Å². The standard InChI is InChI=1S/C14H17N3O/c1-17-11-4-5-12(17)8-14(18,7-11)13-10(9-15)3-2-6-16-13/h2-3,6,11-12,18H,4-5,7-8H2,1H3. The van der Waals surface area contributed by atoms with Crippen LogP contribution in [-0.4, -0.2) is 34.1 Å². The van der Waals surface area contributed by atoms with Crippen molar-refractivity contribution in [3.05, 3.63) is 29.6 Å². The van der Waals surface area contributed by atoms with Crippen molar-refractivity contribution in [1.82, 2.24) is 9.88 Å². The van der Waals surface area contributed by atoms with Gasteiger partial charge in [-0.05, 0) is 44.9 Å². The summed E-state index contributed by atoms with van der Waals surface area (Å²) < 4.78 is 0. The Balaban J connectivity index is 1.99. The minimum atomic E-state index is -0.926. The van der Waals surface area contributed by atoms with Crippen molar-refractivity contribution in [2.24, 2.45) is 0 Å². The van der Waals surface area contributed by atoms with Gasteiger partial charge in [0.25, 0.3) is 0 Å². The van der Waals surface area contributed by atoms with Crippen molar-refractivity contribution >= 4 is 0 Å². The second kappa shape index (κ2) is 4.04. The molecule has 0 aliphatic carbocycles. The van der Waals surface area contributed by atoms with E-state index in [0.717, 1.165) is 12.8 Å². The van der Waals surface area contributed by atoms with Crippen LogP contribution >= 0.6 is 0 Å². The number of hydrogen-bond acceptors (Lipinski definition) is 4. The molecule has 3 heterocycles. The molecule has 2 unspecified atom stereocenters. The molecule has 0 spiro atoms. The first-order valence-corrected chi connectivity index (χ1v) is 6.44. The fraction of sp³-hybridized carbons (Fsp3) is 0.571. The van der Waals surface area contributed by atoms with Gasteiger partial charge in [-0.1, -0.05) is 0 Å². The van der Waals surface area contributed by atoms with Crippen LogP contribution in [0.25, 0.3) is 0 Å². The summed E-state index contributed by atoms with van der Waals surface area (Å²) in [4.78, 5) is 6.64. The highest BCUT2D eigenvalue weighted by atomic mass is 16.3. The van der Waals surface area contributed by atoms with Gasteiger partial charge in [-0.15, -0.1) is 0 Å². The van der Waals surface area contributed by atoms with E-state index in [1.54, 1.807) is 18.3 Å². The van der Waals surface area contributed by atoms with Crippen molar-refractivity contribution < 1.29 is 5.11 Å². The van der Waals surface area contributed by atoms with Gasteiger partial charge in [0.05, 0.1) is 11.3 Å². The Kier molecular flexibility index (Phi) is 2.61. The van der Waals surface area contributed by atoms with Crippen molar-refractivity contribution in [3.8, 4) is 6.07 Å². The van der Waals surface area contributed by atoms with Gasteiger partial charge >= 0.3 is 0 Å². The maximum absolute atomic E-state index is 10.9. The minimum absolute atomic E-state index is 0.419. The number of rotatable bonds is 1. The predicted octanol–water partition coefficient (Wildman–Crippen LogP) is 1.40. The second-order valence-corrected chi connectivity index (χ2v) is 5.50. The van der Waals surface area contributed by atoms with E-state index >= 15 is 0 Å². The molecule has 0 amide bonds. The fourth-order valence-corrected chi connectivity index (χ4v) is 3.50. The van der Waals surface area contributed by atoms with E-state index in [1.165, 1.54) is 0 Å². The number of hydrogen-bond donors (Lipinski definition) is 1. The first-order valence-electron chi connectivity index (χ1n) is 6.44. The lowest BCUT2D eigenvalue weighted by Gasteiger charge is -2.41. The summed E-state index contributed by atoms with van der Waals surface area (Å²) in [7, 11) is 2.13. The lowest BCUT2D eigenvalue weighted by Crippen LogP contribution is -2.48. The van der Waals surface area contributed by atoms with Crippen LogP contribution in [-0.2, 0) is 5.60 Å². The Morgan fingerprint density at radius 2 is 2.11 bits per heavy atom. The molecule has 1 aromatic rings. The normalized spacial score (nSPS) is 35.4. The SMILES string of the molecule is CN1C2CCC1CC(O)(c1ncccc1C#N)C2. The molecule has 0 saturated carbocycles. The van der Waals surface area contributed by atoms with E-state index in [2.05, 4.69) is 23.0 Å². The molecular weight excluding hydrogens is 226 g/mol. The van der Waals surface area contributed by atoms with Crippen LogP contribution in [0.1, 0.15) is 36.9 Å². The lowest BCUT2D eigenvalue weighted by atomic mass is 9.82. The number of nitriles is 1. The van der Waals surface area contributed by atoms with Crippen molar-refractivity contribution in [2.75, 3.05) is 7.05 Å². The van der Waals surface area contributed by atoms with Gasteiger partial charge in [-0.2, -0.15) is 5.26 Å². The molecule has 4 nitrogen and oxygen atoms in total. The van der Waals surface area contributed by atoms with Gasteiger partial charge in [0.1, 0.15) is 11.7 Å². The number of pyridine rings is 1. The van der Waals surface area contributed by atoms with Crippen LogP contribution in [0, 0.1) is 11.3 Å². The first kappa shape index (κ1) is 11.6. The Morgan fingerprint density at radius 1 is 1.44 bits per heavy atom. The Labute approximate surface area is 107 Å². The Bertz CT molecular complexity index is 494. The highest BCUT2D eigenvalue weighted by molar-refractivity contribution is 5.37. The molecule has 0 aromatic carbocycles. The van der Waals surface area contributed by atoms with E-state index in [0.29, 0.717) is 36.2 Å². The fourth-order valence-electron chi connectivity index (χ4n) is 3.50. The number of aromatic nitrogens is 1. The van der Waals surface area contributed by atoms with Crippen LogP contribution in [0.15, 0.2) is 18.3 Å². The van der Waals surface area contributed by atoms with Gasteiger partial charge in [-0.25, -0.2) is 0 Å². The lowest BCUT2D eigenvalue weighted by molar-refractivity contribution is -0.0525. The molecule has 1 N–H and O–H groups in total. The average Bonchev–Trinajstić information content (AvgIpc) is 2.63. The van der Waals surface area contributed by atoms with Crippen LogP contribution in [0.3, 0.4) is 0 Å². The third-order valence-electron chi connectivity index (χ3n) is 4.50. The summed E-state index contributed by atoms with van der Waals surface area (Å²) in [5, 5.41) is 20.1. The third-order valence-corrected chi connectivity index (χ3v) is 4.50. The zero-order valence-corrected chi connectivity index (χ0v) is 10.5. The molecule has 4 heteroatoms. The monoisotopic (exact) mass is 243 g/mol. The van der Waals surface area contributed by atoms with Gasteiger partial charge < -0.3 is 10.0 Å². The summed E-state index contributed by atoms with van der Waals surface area (Å²) in [6.45, 7) is 0. The number of fused-ring (bicyclic) bond motifs is 2. The maximum Gasteiger partial charge on any atom is 0.111 e. The van der Waals surface area contributed by atoms with Gasteiger partial charge in [0, 0.05) is 18.3 Å². The highest BCUT2D eigenvalue weighted by Crippen LogP contribution is 2.44. The molecule has 3 rings (SSSR count). The molecule has 2 aliphatic heterocycles. The van der Waals surface area contributed by atoms with Crippen molar-refractivity contribution in [1.29, 1.82) is 5.26 Å². The van der Waals surface area contributed by atoms with E-state index in [9.17, 15) is 5.11 Å². The zero-order valence-electron chi connectivity index (χ0n) is 10.5. The maximum atomic E-state index is 10.9. The topological polar surface area (TPSA) is 60.1 Å².